The zero-order valence-electron chi connectivity index (χ0n) is 16.3. The van der Waals surface area contributed by atoms with Crippen molar-refractivity contribution in [3.63, 3.8) is 0 Å². The largest absolute Gasteiger partial charge is 0.393 e. The van der Waals surface area contributed by atoms with Gasteiger partial charge in [-0.15, -0.1) is 0 Å². The van der Waals surface area contributed by atoms with E-state index < -0.39 is 11.2 Å². The molecule has 0 amide bonds. The van der Waals surface area contributed by atoms with Gasteiger partial charge in [0.05, 0.1) is 17.3 Å². The second-order valence-electron chi connectivity index (χ2n) is 8.22. The van der Waals surface area contributed by atoms with Gasteiger partial charge in [0.15, 0.2) is 0 Å². The van der Waals surface area contributed by atoms with Crippen LogP contribution in [0, 0.1) is 5.92 Å². The van der Waals surface area contributed by atoms with Crippen LogP contribution in [0.5, 0.6) is 0 Å². The van der Waals surface area contributed by atoms with Gasteiger partial charge in [-0.3, -0.25) is 0 Å². The SMILES string of the molecule is CC(O)CCCCCCCCCCCC(C)C(C)(O)C(C)(C)O. The van der Waals surface area contributed by atoms with Gasteiger partial charge in [0.25, 0.3) is 0 Å². The Morgan fingerprint density at radius 3 is 1.35 bits per heavy atom. The quantitative estimate of drug-likeness (QED) is 0.400. The highest BCUT2D eigenvalue weighted by Crippen LogP contribution is 2.32. The van der Waals surface area contributed by atoms with Gasteiger partial charge in [-0.2, -0.15) is 0 Å². The molecule has 0 radical (unpaired) electrons. The number of hydrogen-bond acceptors (Lipinski definition) is 3. The molecule has 3 N–H and O–H groups in total. The van der Waals surface area contributed by atoms with Crippen LogP contribution in [0.3, 0.4) is 0 Å². The summed E-state index contributed by atoms with van der Waals surface area (Å²) in [5, 5.41) is 29.7. The Labute approximate surface area is 144 Å². The molecule has 0 aromatic carbocycles. The summed E-state index contributed by atoms with van der Waals surface area (Å²) in [5.74, 6) is 0.108. The lowest BCUT2D eigenvalue weighted by molar-refractivity contribution is -0.150. The fraction of sp³-hybridized carbons (Fsp3) is 1.00. The highest BCUT2D eigenvalue weighted by atomic mass is 16.4. The molecule has 0 fully saturated rings. The molecule has 23 heavy (non-hydrogen) atoms. The van der Waals surface area contributed by atoms with Crippen LogP contribution in [0.1, 0.15) is 105 Å². The number of aliphatic hydroxyl groups is 3. The van der Waals surface area contributed by atoms with Crippen molar-refractivity contribution in [2.75, 3.05) is 0 Å². The number of hydrogen-bond donors (Lipinski definition) is 3. The third kappa shape index (κ3) is 10.4. The zero-order valence-corrected chi connectivity index (χ0v) is 16.3. The summed E-state index contributed by atoms with van der Waals surface area (Å²) < 4.78 is 0. The molecule has 140 valence electrons. The van der Waals surface area contributed by atoms with E-state index in [4.69, 9.17) is 0 Å². The first-order valence-electron chi connectivity index (χ1n) is 9.72. The molecule has 3 heteroatoms. The fourth-order valence-corrected chi connectivity index (χ4v) is 3.01. The molecule has 0 aliphatic rings. The lowest BCUT2D eigenvalue weighted by Gasteiger charge is -2.40. The third-order valence-corrected chi connectivity index (χ3v) is 5.46. The van der Waals surface area contributed by atoms with Crippen molar-refractivity contribution < 1.29 is 15.3 Å². The van der Waals surface area contributed by atoms with E-state index >= 15 is 0 Å². The highest BCUT2D eigenvalue weighted by molar-refractivity contribution is 4.93. The van der Waals surface area contributed by atoms with Gasteiger partial charge >= 0.3 is 0 Å². The predicted molar refractivity (Wildman–Crippen MR) is 98.6 cm³/mol. The van der Waals surface area contributed by atoms with E-state index in [1.54, 1.807) is 20.8 Å². The van der Waals surface area contributed by atoms with E-state index in [1.165, 1.54) is 44.9 Å². The molecule has 0 rings (SSSR count). The van der Waals surface area contributed by atoms with Crippen LogP contribution in [-0.4, -0.2) is 32.6 Å². The van der Waals surface area contributed by atoms with E-state index in [0.717, 1.165) is 25.7 Å². The normalized spacial score (nSPS) is 17.7. The van der Waals surface area contributed by atoms with Crippen LogP contribution in [0.15, 0.2) is 0 Å². The van der Waals surface area contributed by atoms with Crippen molar-refractivity contribution in [1.29, 1.82) is 0 Å². The Morgan fingerprint density at radius 1 is 0.652 bits per heavy atom. The summed E-state index contributed by atoms with van der Waals surface area (Å²) in [6.45, 7) is 9.01. The van der Waals surface area contributed by atoms with Gasteiger partial charge in [0.2, 0.25) is 0 Å². The Hall–Kier alpha value is -0.120. The lowest BCUT2D eigenvalue weighted by atomic mass is 9.76. The number of unbranched alkanes of at least 4 members (excludes halogenated alkanes) is 8. The van der Waals surface area contributed by atoms with Crippen molar-refractivity contribution in [1.82, 2.24) is 0 Å². The van der Waals surface area contributed by atoms with Gasteiger partial charge in [0, 0.05) is 0 Å². The molecule has 0 aromatic rings. The molecule has 0 aromatic heterocycles. The van der Waals surface area contributed by atoms with Gasteiger partial charge in [0.1, 0.15) is 0 Å². The van der Waals surface area contributed by atoms with Crippen molar-refractivity contribution >= 4 is 0 Å². The van der Waals surface area contributed by atoms with Crippen LogP contribution in [0.2, 0.25) is 0 Å². The standard InChI is InChI=1S/C20H42O3/c1-17(20(5,23)19(3,4)22)15-13-11-9-7-6-8-10-12-14-16-18(2)21/h17-18,21-23H,6-16H2,1-5H3. The maximum absolute atomic E-state index is 10.4. The van der Waals surface area contributed by atoms with E-state index in [-0.39, 0.29) is 12.0 Å². The van der Waals surface area contributed by atoms with E-state index in [2.05, 4.69) is 0 Å². The van der Waals surface area contributed by atoms with Crippen LogP contribution in [-0.2, 0) is 0 Å². The second-order valence-corrected chi connectivity index (χ2v) is 8.22. The average molecular weight is 331 g/mol. The second kappa shape index (κ2) is 11.4. The van der Waals surface area contributed by atoms with Crippen LogP contribution < -0.4 is 0 Å². The van der Waals surface area contributed by atoms with Crippen LogP contribution in [0.25, 0.3) is 0 Å². The summed E-state index contributed by atoms with van der Waals surface area (Å²) >= 11 is 0. The lowest BCUT2D eigenvalue weighted by Crippen LogP contribution is -2.52. The maximum Gasteiger partial charge on any atom is 0.0925 e. The molecule has 3 atom stereocenters. The molecule has 0 heterocycles. The first kappa shape index (κ1) is 22.9. The molecule has 0 aliphatic heterocycles. The van der Waals surface area contributed by atoms with E-state index in [0.29, 0.717) is 0 Å². The molecule has 3 unspecified atom stereocenters. The van der Waals surface area contributed by atoms with Gasteiger partial charge < -0.3 is 15.3 Å². The molecule has 0 saturated heterocycles. The summed E-state index contributed by atoms with van der Waals surface area (Å²) in [6.07, 6.45) is 13.0. The Balaban J connectivity index is 3.50. The fourth-order valence-electron chi connectivity index (χ4n) is 3.01. The minimum atomic E-state index is -1.06. The summed E-state index contributed by atoms with van der Waals surface area (Å²) in [4.78, 5) is 0. The predicted octanol–water partition coefficient (Wildman–Crippen LogP) is 4.82. The first-order chi connectivity index (χ1) is 10.6. The molecule has 0 spiro atoms. The van der Waals surface area contributed by atoms with Gasteiger partial charge in [-0.1, -0.05) is 64.7 Å². The minimum Gasteiger partial charge on any atom is -0.393 e. The third-order valence-electron chi connectivity index (χ3n) is 5.46. The van der Waals surface area contributed by atoms with Gasteiger partial charge in [-0.25, -0.2) is 0 Å². The summed E-state index contributed by atoms with van der Waals surface area (Å²) in [5.41, 5.74) is -2.08. The topological polar surface area (TPSA) is 60.7 Å². The zero-order chi connectivity index (χ0) is 17.9. The smallest absolute Gasteiger partial charge is 0.0925 e. The molecule has 0 saturated carbocycles. The van der Waals surface area contributed by atoms with Crippen LogP contribution in [0.4, 0.5) is 0 Å². The highest BCUT2D eigenvalue weighted by Gasteiger charge is 2.41. The van der Waals surface area contributed by atoms with Crippen molar-refractivity contribution in [3.05, 3.63) is 0 Å². The van der Waals surface area contributed by atoms with Crippen molar-refractivity contribution in [2.45, 2.75) is 123 Å². The molecular weight excluding hydrogens is 288 g/mol. The Bertz CT molecular complexity index is 279. The summed E-state index contributed by atoms with van der Waals surface area (Å²) in [6, 6.07) is 0. The minimum absolute atomic E-state index is 0.108. The van der Waals surface area contributed by atoms with Gasteiger partial charge in [-0.05, 0) is 46.5 Å². The van der Waals surface area contributed by atoms with E-state index in [9.17, 15) is 15.3 Å². The average Bonchev–Trinajstić information content (AvgIpc) is 2.42. The molecule has 3 nitrogen and oxygen atoms in total. The summed E-state index contributed by atoms with van der Waals surface area (Å²) in [7, 11) is 0. The first-order valence-corrected chi connectivity index (χ1v) is 9.72. The number of rotatable bonds is 14. The maximum atomic E-state index is 10.4. The molecule has 0 bridgehead atoms. The Kier molecular flexibility index (Phi) is 11.4. The van der Waals surface area contributed by atoms with Crippen molar-refractivity contribution in [3.8, 4) is 0 Å². The number of aliphatic hydroxyl groups excluding tert-OH is 1. The monoisotopic (exact) mass is 330 g/mol. The van der Waals surface area contributed by atoms with E-state index in [1.807, 2.05) is 13.8 Å². The van der Waals surface area contributed by atoms with Crippen molar-refractivity contribution in [2.24, 2.45) is 5.92 Å². The molecule has 0 aliphatic carbocycles. The molecular formula is C20H42O3. The van der Waals surface area contributed by atoms with Crippen LogP contribution >= 0.6 is 0 Å². The Morgan fingerprint density at radius 2 is 1.00 bits per heavy atom.